The van der Waals surface area contributed by atoms with Crippen LogP contribution in [0, 0.1) is 6.92 Å². The fourth-order valence-electron chi connectivity index (χ4n) is 0.866. The molecule has 0 atom stereocenters. The third kappa shape index (κ3) is 1.83. The molecule has 0 aliphatic rings. The minimum Gasteiger partial charge on any atom is -0.474 e. The van der Waals surface area contributed by atoms with Crippen molar-refractivity contribution in [3.63, 3.8) is 0 Å². The van der Waals surface area contributed by atoms with Gasteiger partial charge in [0.2, 0.25) is 5.88 Å². The van der Waals surface area contributed by atoms with Gasteiger partial charge in [0.15, 0.2) is 0 Å². The average molecular weight is 152 g/mol. The second-order valence-corrected chi connectivity index (χ2v) is 2.35. The Labute approximate surface area is 66.3 Å². The van der Waals surface area contributed by atoms with Gasteiger partial charge in [0.25, 0.3) is 0 Å². The monoisotopic (exact) mass is 152 g/mol. The Hall–Kier alpha value is -1.25. The van der Waals surface area contributed by atoms with E-state index in [9.17, 15) is 0 Å². The van der Waals surface area contributed by atoms with E-state index in [0.717, 1.165) is 11.6 Å². The summed E-state index contributed by atoms with van der Waals surface area (Å²) >= 11 is 0. The van der Waals surface area contributed by atoms with Gasteiger partial charge in [0, 0.05) is 13.1 Å². The number of hydrogen-bond acceptors (Lipinski definition) is 2. The van der Waals surface area contributed by atoms with Crippen molar-refractivity contribution in [3.8, 4) is 5.88 Å². The highest BCUT2D eigenvalue weighted by Crippen LogP contribution is 2.10. The molecule has 0 N–H and O–H groups in total. The lowest BCUT2D eigenvalue weighted by molar-refractivity contribution is 0.329. The molecule has 0 spiro atoms. The quantitative estimate of drug-likeness (QED) is 0.610. The van der Waals surface area contributed by atoms with Gasteiger partial charge in [-0.2, -0.15) is 5.10 Å². The van der Waals surface area contributed by atoms with Crippen molar-refractivity contribution in [1.29, 1.82) is 0 Å². The summed E-state index contributed by atoms with van der Waals surface area (Å²) in [4.78, 5) is 0. The molecule has 0 aliphatic carbocycles. The van der Waals surface area contributed by atoms with E-state index in [0.29, 0.717) is 6.61 Å². The van der Waals surface area contributed by atoms with Crippen LogP contribution in [0.2, 0.25) is 0 Å². The third-order valence-electron chi connectivity index (χ3n) is 1.31. The molecule has 3 heteroatoms. The van der Waals surface area contributed by atoms with Gasteiger partial charge in [-0.25, -0.2) is 4.68 Å². The molecule has 1 aromatic heterocycles. The Morgan fingerprint density at radius 2 is 2.55 bits per heavy atom. The smallest absolute Gasteiger partial charge is 0.212 e. The topological polar surface area (TPSA) is 27.1 Å². The van der Waals surface area contributed by atoms with Crippen LogP contribution >= 0.6 is 0 Å². The van der Waals surface area contributed by atoms with Gasteiger partial charge in [-0.3, -0.25) is 0 Å². The number of ether oxygens (including phenoxy) is 1. The van der Waals surface area contributed by atoms with E-state index in [4.69, 9.17) is 4.74 Å². The molecule has 3 nitrogen and oxygen atoms in total. The van der Waals surface area contributed by atoms with Crippen LogP contribution in [0.25, 0.3) is 0 Å². The summed E-state index contributed by atoms with van der Waals surface area (Å²) in [6, 6.07) is 1.89. The molecule has 11 heavy (non-hydrogen) atoms. The summed E-state index contributed by atoms with van der Waals surface area (Å²) in [5.74, 6) is 0.780. The molecule has 0 saturated carbocycles. The van der Waals surface area contributed by atoms with Gasteiger partial charge in [-0.05, 0) is 6.92 Å². The number of hydrogen-bond donors (Lipinski definition) is 0. The standard InChI is InChI=1S/C8H12N2O/c1-4-5-11-8-6-7(2)9-10(8)3/h4,6H,1,5H2,2-3H3. The van der Waals surface area contributed by atoms with Crippen molar-refractivity contribution in [2.75, 3.05) is 6.61 Å². The Kier molecular flexibility index (Phi) is 2.31. The van der Waals surface area contributed by atoms with Crippen LogP contribution in [-0.2, 0) is 7.05 Å². The van der Waals surface area contributed by atoms with E-state index in [1.54, 1.807) is 10.8 Å². The highest BCUT2D eigenvalue weighted by molar-refractivity contribution is 5.14. The molecule has 1 rings (SSSR count). The lowest BCUT2D eigenvalue weighted by Gasteiger charge is -2.00. The molecule has 0 radical (unpaired) electrons. The van der Waals surface area contributed by atoms with Crippen LogP contribution in [0.4, 0.5) is 0 Å². The van der Waals surface area contributed by atoms with Crippen molar-refractivity contribution in [1.82, 2.24) is 9.78 Å². The second kappa shape index (κ2) is 3.23. The van der Waals surface area contributed by atoms with Crippen LogP contribution in [-0.4, -0.2) is 16.4 Å². The maximum Gasteiger partial charge on any atom is 0.212 e. The van der Waals surface area contributed by atoms with E-state index >= 15 is 0 Å². The molecule has 0 fully saturated rings. The van der Waals surface area contributed by atoms with Crippen LogP contribution in [0.3, 0.4) is 0 Å². The lowest BCUT2D eigenvalue weighted by atomic mass is 10.5. The third-order valence-corrected chi connectivity index (χ3v) is 1.31. The summed E-state index contributed by atoms with van der Waals surface area (Å²) in [7, 11) is 1.85. The maximum absolute atomic E-state index is 5.29. The zero-order chi connectivity index (χ0) is 8.27. The number of aryl methyl sites for hydroxylation is 2. The Morgan fingerprint density at radius 3 is 3.00 bits per heavy atom. The summed E-state index contributed by atoms with van der Waals surface area (Å²) in [6.07, 6.45) is 1.71. The lowest BCUT2D eigenvalue weighted by Crippen LogP contribution is -1.99. The Bertz CT molecular complexity index is 253. The van der Waals surface area contributed by atoms with Crippen LogP contribution < -0.4 is 4.74 Å². The van der Waals surface area contributed by atoms with Gasteiger partial charge >= 0.3 is 0 Å². The summed E-state index contributed by atoms with van der Waals surface area (Å²) in [5.41, 5.74) is 0.964. The molecular weight excluding hydrogens is 140 g/mol. The number of rotatable bonds is 3. The molecule has 0 aromatic carbocycles. The molecule has 60 valence electrons. The van der Waals surface area contributed by atoms with Crippen molar-refractivity contribution in [3.05, 3.63) is 24.4 Å². The van der Waals surface area contributed by atoms with Crippen LogP contribution in [0.5, 0.6) is 5.88 Å². The normalized spacial score (nSPS) is 9.64. The number of aromatic nitrogens is 2. The molecule has 0 amide bonds. The first-order valence-electron chi connectivity index (χ1n) is 3.48. The van der Waals surface area contributed by atoms with E-state index in [2.05, 4.69) is 11.7 Å². The van der Waals surface area contributed by atoms with E-state index in [-0.39, 0.29) is 0 Å². The zero-order valence-corrected chi connectivity index (χ0v) is 6.87. The largest absolute Gasteiger partial charge is 0.474 e. The minimum absolute atomic E-state index is 0.527. The SMILES string of the molecule is C=CCOc1cc(C)nn1C. The van der Waals surface area contributed by atoms with E-state index in [1.807, 2.05) is 20.0 Å². The van der Waals surface area contributed by atoms with Gasteiger partial charge < -0.3 is 4.74 Å². The summed E-state index contributed by atoms with van der Waals surface area (Å²) < 4.78 is 7.00. The van der Waals surface area contributed by atoms with Crippen molar-refractivity contribution >= 4 is 0 Å². The molecule has 0 aliphatic heterocycles. The predicted octanol–water partition coefficient (Wildman–Crippen LogP) is 1.29. The fraction of sp³-hybridized carbons (Fsp3) is 0.375. The maximum atomic E-state index is 5.29. The predicted molar refractivity (Wildman–Crippen MR) is 43.6 cm³/mol. The van der Waals surface area contributed by atoms with Crippen LogP contribution in [0.15, 0.2) is 18.7 Å². The number of nitrogens with zero attached hydrogens (tertiary/aromatic N) is 2. The van der Waals surface area contributed by atoms with Gasteiger partial charge in [-0.1, -0.05) is 12.7 Å². The van der Waals surface area contributed by atoms with Gasteiger partial charge in [0.05, 0.1) is 5.69 Å². The van der Waals surface area contributed by atoms with Crippen LogP contribution in [0.1, 0.15) is 5.69 Å². The van der Waals surface area contributed by atoms with Crippen molar-refractivity contribution in [2.24, 2.45) is 7.05 Å². The zero-order valence-electron chi connectivity index (χ0n) is 6.87. The van der Waals surface area contributed by atoms with Gasteiger partial charge in [0.1, 0.15) is 6.61 Å². The molecule has 1 heterocycles. The highest BCUT2D eigenvalue weighted by Gasteiger charge is 1.99. The minimum atomic E-state index is 0.527. The average Bonchev–Trinajstić information content (AvgIpc) is 2.26. The summed E-state index contributed by atoms with van der Waals surface area (Å²) in [6.45, 7) is 6.02. The second-order valence-electron chi connectivity index (χ2n) is 2.35. The molecule has 0 unspecified atom stereocenters. The summed E-state index contributed by atoms with van der Waals surface area (Å²) in [5, 5.41) is 4.12. The van der Waals surface area contributed by atoms with E-state index in [1.165, 1.54) is 0 Å². The molecular formula is C8H12N2O. The van der Waals surface area contributed by atoms with Crippen molar-refractivity contribution < 1.29 is 4.74 Å². The molecule has 1 aromatic rings. The fourth-order valence-corrected chi connectivity index (χ4v) is 0.866. The molecule has 0 bridgehead atoms. The molecule has 0 saturated heterocycles. The highest BCUT2D eigenvalue weighted by atomic mass is 16.5. The Balaban J connectivity index is 2.69. The van der Waals surface area contributed by atoms with E-state index < -0.39 is 0 Å². The first-order chi connectivity index (χ1) is 5.24. The Morgan fingerprint density at radius 1 is 1.82 bits per heavy atom. The van der Waals surface area contributed by atoms with Crippen molar-refractivity contribution in [2.45, 2.75) is 6.92 Å². The van der Waals surface area contributed by atoms with Gasteiger partial charge in [-0.15, -0.1) is 0 Å². The first-order valence-corrected chi connectivity index (χ1v) is 3.48. The first kappa shape index (κ1) is 7.85.